The normalized spacial score (nSPS) is 10.8. The van der Waals surface area contributed by atoms with E-state index in [1.807, 2.05) is 30.7 Å². The number of hydrogen-bond donors (Lipinski definition) is 0. The lowest BCUT2D eigenvalue weighted by atomic mass is 10.4. The van der Waals surface area contributed by atoms with E-state index in [4.69, 9.17) is 0 Å². The number of hydrogen-bond acceptors (Lipinski definition) is 5. The van der Waals surface area contributed by atoms with E-state index in [2.05, 4.69) is 26.1 Å². The SMILES string of the molecule is Cc1nnc(SCC(=O)c2ccc(Br)s2)n1C. The molecule has 0 fully saturated rings. The third kappa shape index (κ3) is 2.97. The molecule has 0 amide bonds. The third-order valence-electron chi connectivity index (χ3n) is 2.23. The van der Waals surface area contributed by atoms with Gasteiger partial charge in [0.15, 0.2) is 10.9 Å². The highest BCUT2D eigenvalue weighted by atomic mass is 79.9. The van der Waals surface area contributed by atoms with E-state index in [1.165, 1.54) is 23.1 Å². The first-order valence-corrected chi connectivity index (χ1v) is 7.45. The van der Waals surface area contributed by atoms with Gasteiger partial charge in [-0.1, -0.05) is 11.8 Å². The number of carbonyl (C=O) groups is 1. The van der Waals surface area contributed by atoms with Crippen LogP contribution >= 0.6 is 39.0 Å². The van der Waals surface area contributed by atoms with Gasteiger partial charge in [0.2, 0.25) is 0 Å². The topological polar surface area (TPSA) is 47.8 Å². The fraction of sp³-hybridized carbons (Fsp3) is 0.300. The molecule has 0 unspecified atom stereocenters. The van der Waals surface area contributed by atoms with E-state index >= 15 is 0 Å². The fourth-order valence-corrected chi connectivity index (χ4v) is 3.43. The van der Waals surface area contributed by atoms with Crippen LogP contribution in [0.25, 0.3) is 0 Å². The van der Waals surface area contributed by atoms with Crippen LogP contribution in [-0.2, 0) is 7.05 Å². The number of aryl methyl sites for hydroxylation is 1. The molecule has 0 atom stereocenters. The van der Waals surface area contributed by atoms with Crippen molar-refractivity contribution in [2.75, 3.05) is 5.75 Å². The van der Waals surface area contributed by atoms with Gasteiger partial charge in [-0.2, -0.15) is 0 Å². The largest absolute Gasteiger partial charge is 0.309 e. The highest BCUT2D eigenvalue weighted by molar-refractivity contribution is 9.11. The molecule has 0 saturated carbocycles. The van der Waals surface area contributed by atoms with Crippen molar-refractivity contribution in [2.24, 2.45) is 7.05 Å². The zero-order valence-corrected chi connectivity index (χ0v) is 12.5. The fourth-order valence-electron chi connectivity index (χ4n) is 1.18. The van der Waals surface area contributed by atoms with Crippen LogP contribution in [0.3, 0.4) is 0 Å². The van der Waals surface area contributed by atoms with Crippen molar-refractivity contribution >= 4 is 44.8 Å². The standard InChI is InChI=1S/C10H10BrN3OS2/c1-6-12-13-10(14(6)2)16-5-7(15)8-3-4-9(11)17-8/h3-4H,5H2,1-2H3. The minimum atomic E-state index is 0.117. The van der Waals surface area contributed by atoms with Gasteiger partial charge in [0.05, 0.1) is 14.4 Å². The zero-order valence-electron chi connectivity index (χ0n) is 9.31. The van der Waals surface area contributed by atoms with Crippen molar-refractivity contribution in [2.45, 2.75) is 12.1 Å². The molecule has 0 bridgehead atoms. The molecular formula is C10H10BrN3OS2. The quantitative estimate of drug-likeness (QED) is 0.638. The van der Waals surface area contributed by atoms with Crippen molar-refractivity contribution in [3.05, 3.63) is 26.6 Å². The average Bonchev–Trinajstić information content (AvgIpc) is 2.86. The summed E-state index contributed by atoms with van der Waals surface area (Å²) in [5.41, 5.74) is 0. The summed E-state index contributed by atoms with van der Waals surface area (Å²) in [5, 5.41) is 8.72. The molecular weight excluding hydrogens is 322 g/mol. The van der Waals surface area contributed by atoms with Gasteiger partial charge in [-0.15, -0.1) is 21.5 Å². The Labute approximate surface area is 116 Å². The molecule has 0 radical (unpaired) electrons. The Balaban J connectivity index is 1.99. The molecule has 0 spiro atoms. The summed E-state index contributed by atoms with van der Waals surface area (Å²) in [6.45, 7) is 1.88. The van der Waals surface area contributed by atoms with Gasteiger partial charge in [0.25, 0.3) is 0 Å². The molecule has 0 aliphatic rings. The van der Waals surface area contributed by atoms with Gasteiger partial charge in [-0.05, 0) is 35.0 Å². The van der Waals surface area contributed by atoms with Crippen LogP contribution in [-0.4, -0.2) is 26.3 Å². The zero-order chi connectivity index (χ0) is 12.4. The Kier molecular flexibility index (Phi) is 4.01. The molecule has 2 aromatic heterocycles. The van der Waals surface area contributed by atoms with Crippen LogP contribution < -0.4 is 0 Å². The first kappa shape index (κ1) is 12.8. The predicted molar refractivity (Wildman–Crippen MR) is 72.8 cm³/mol. The Hall–Kier alpha value is -0.660. The molecule has 4 nitrogen and oxygen atoms in total. The molecule has 2 heterocycles. The highest BCUT2D eigenvalue weighted by Gasteiger charge is 2.12. The summed E-state index contributed by atoms with van der Waals surface area (Å²) in [6.07, 6.45) is 0. The predicted octanol–water partition coefficient (Wildman–Crippen LogP) is 2.92. The lowest BCUT2D eigenvalue weighted by Crippen LogP contribution is -2.01. The van der Waals surface area contributed by atoms with Gasteiger partial charge in [0.1, 0.15) is 5.82 Å². The van der Waals surface area contributed by atoms with Crippen molar-refractivity contribution < 1.29 is 4.79 Å². The molecule has 2 rings (SSSR count). The number of nitrogens with zero attached hydrogens (tertiary/aromatic N) is 3. The van der Waals surface area contributed by atoms with Gasteiger partial charge < -0.3 is 4.57 Å². The highest BCUT2D eigenvalue weighted by Crippen LogP contribution is 2.24. The van der Waals surface area contributed by atoms with E-state index in [0.717, 1.165) is 19.6 Å². The molecule has 0 aliphatic carbocycles. The minimum Gasteiger partial charge on any atom is -0.309 e. The molecule has 0 saturated heterocycles. The number of rotatable bonds is 4. The molecule has 0 N–H and O–H groups in total. The van der Waals surface area contributed by atoms with Crippen molar-refractivity contribution in [3.8, 4) is 0 Å². The number of ketones is 1. The van der Waals surface area contributed by atoms with E-state index in [0.29, 0.717) is 5.75 Å². The van der Waals surface area contributed by atoms with Crippen LogP contribution in [0.15, 0.2) is 21.1 Å². The molecule has 17 heavy (non-hydrogen) atoms. The van der Waals surface area contributed by atoms with Crippen LogP contribution in [0.1, 0.15) is 15.5 Å². The Morgan fingerprint density at radius 3 is 2.82 bits per heavy atom. The maximum Gasteiger partial charge on any atom is 0.191 e. The smallest absolute Gasteiger partial charge is 0.191 e. The lowest BCUT2D eigenvalue weighted by Gasteiger charge is -1.99. The summed E-state index contributed by atoms with van der Waals surface area (Å²) in [5.74, 6) is 1.35. The minimum absolute atomic E-state index is 0.117. The second-order valence-electron chi connectivity index (χ2n) is 3.40. The number of thioether (sulfide) groups is 1. The number of thiophene rings is 1. The van der Waals surface area contributed by atoms with Crippen molar-refractivity contribution in [1.29, 1.82) is 0 Å². The van der Waals surface area contributed by atoms with Gasteiger partial charge >= 0.3 is 0 Å². The van der Waals surface area contributed by atoms with E-state index in [-0.39, 0.29) is 5.78 Å². The Morgan fingerprint density at radius 2 is 2.29 bits per heavy atom. The third-order valence-corrected chi connectivity index (χ3v) is 4.92. The van der Waals surface area contributed by atoms with Gasteiger partial charge in [0, 0.05) is 7.05 Å². The van der Waals surface area contributed by atoms with E-state index in [1.54, 1.807) is 0 Å². The first-order valence-electron chi connectivity index (χ1n) is 4.85. The summed E-state index contributed by atoms with van der Waals surface area (Å²) in [4.78, 5) is 12.6. The Bertz CT molecular complexity index is 549. The summed E-state index contributed by atoms with van der Waals surface area (Å²) in [7, 11) is 1.89. The van der Waals surface area contributed by atoms with Crippen molar-refractivity contribution in [3.63, 3.8) is 0 Å². The Morgan fingerprint density at radius 1 is 1.53 bits per heavy atom. The maximum absolute atomic E-state index is 11.9. The summed E-state index contributed by atoms with van der Waals surface area (Å²) < 4.78 is 2.85. The molecule has 0 aliphatic heterocycles. The molecule has 2 aromatic rings. The number of Topliss-reactive ketones (excluding diaryl/α,β-unsaturated/α-hetero) is 1. The van der Waals surface area contributed by atoms with Crippen molar-refractivity contribution in [1.82, 2.24) is 14.8 Å². The summed E-state index contributed by atoms with van der Waals surface area (Å²) >= 11 is 6.21. The maximum atomic E-state index is 11.9. The number of aromatic nitrogens is 3. The number of halogens is 1. The van der Waals surface area contributed by atoms with E-state index in [9.17, 15) is 4.79 Å². The summed E-state index contributed by atoms with van der Waals surface area (Å²) in [6, 6.07) is 3.72. The average molecular weight is 332 g/mol. The van der Waals surface area contributed by atoms with Crippen LogP contribution in [0.2, 0.25) is 0 Å². The van der Waals surface area contributed by atoms with Crippen LogP contribution in [0, 0.1) is 6.92 Å². The van der Waals surface area contributed by atoms with Crippen LogP contribution in [0.4, 0.5) is 0 Å². The first-order chi connectivity index (χ1) is 8.08. The molecule has 90 valence electrons. The lowest BCUT2D eigenvalue weighted by molar-refractivity contribution is 0.102. The molecule has 0 aromatic carbocycles. The van der Waals surface area contributed by atoms with Gasteiger partial charge in [-0.3, -0.25) is 4.79 Å². The number of carbonyl (C=O) groups excluding carboxylic acids is 1. The second kappa shape index (κ2) is 5.32. The van der Waals surface area contributed by atoms with E-state index < -0.39 is 0 Å². The monoisotopic (exact) mass is 331 g/mol. The second-order valence-corrected chi connectivity index (χ2v) is 6.81. The van der Waals surface area contributed by atoms with Crippen LogP contribution in [0.5, 0.6) is 0 Å². The molecule has 7 heteroatoms. The van der Waals surface area contributed by atoms with Gasteiger partial charge in [-0.25, -0.2) is 0 Å².